The highest BCUT2D eigenvalue weighted by molar-refractivity contribution is 5.98. The lowest BCUT2D eigenvalue weighted by molar-refractivity contribution is -0.134. The maximum Gasteiger partial charge on any atom is 0.261 e. The first-order chi connectivity index (χ1) is 16.8. The fourth-order valence-corrected chi connectivity index (χ4v) is 5.00. The zero-order valence-electron chi connectivity index (χ0n) is 19.4. The van der Waals surface area contributed by atoms with Gasteiger partial charge in [-0.2, -0.15) is 0 Å². The van der Waals surface area contributed by atoms with Crippen molar-refractivity contribution in [2.45, 2.75) is 32.4 Å². The number of carbonyl (C=O) groups excluding carboxylic acids is 1. The van der Waals surface area contributed by atoms with Crippen LogP contribution in [-0.4, -0.2) is 28.5 Å². The van der Waals surface area contributed by atoms with Gasteiger partial charge in [-0.05, 0) is 43.5 Å². The summed E-state index contributed by atoms with van der Waals surface area (Å²) in [5.74, 6) is 7.04. The van der Waals surface area contributed by atoms with Crippen molar-refractivity contribution in [2.75, 3.05) is 13.2 Å². The lowest BCUT2D eigenvalue weighted by atomic mass is 9.97. The van der Waals surface area contributed by atoms with Crippen molar-refractivity contribution >= 4 is 16.8 Å². The number of hydrogen-bond acceptors (Lipinski definition) is 2. The molecule has 3 aromatic carbocycles. The van der Waals surface area contributed by atoms with Gasteiger partial charge in [0.1, 0.15) is 5.75 Å². The minimum Gasteiger partial charge on any atom is -0.484 e. The molecular weight excluding hydrogens is 420 g/mol. The molecule has 1 aliphatic heterocycles. The summed E-state index contributed by atoms with van der Waals surface area (Å²) in [5, 5.41) is 1.20. The fourth-order valence-electron chi connectivity index (χ4n) is 5.00. The standard InChI is InChI=1S/C30H28N2O2/c1-2-3-20-32-26-18-11-10-17-25(26)29(23-13-6-4-7-14-23)30(32)27-19-12-21-31(27)28(33)22-34-24-15-8-5-9-16-24/h4-11,13-18,27H,12,19-22H2,1H3. The maximum atomic E-state index is 13.4. The predicted octanol–water partition coefficient (Wildman–Crippen LogP) is 6.07. The lowest BCUT2D eigenvalue weighted by Gasteiger charge is -2.27. The number of fused-ring (bicyclic) bond motifs is 1. The Kier molecular flexibility index (Phi) is 6.35. The average molecular weight is 449 g/mol. The van der Waals surface area contributed by atoms with Crippen molar-refractivity contribution in [3.63, 3.8) is 0 Å². The summed E-state index contributed by atoms with van der Waals surface area (Å²) in [6.45, 7) is 3.24. The smallest absolute Gasteiger partial charge is 0.261 e. The Morgan fingerprint density at radius 1 is 0.971 bits per heavy atom. The number of likely N-dealkylation sites (tertiary alicyclic amines) is 1. The summed E-state index contributed by atoms with van der Waals surface area (Å²) in [7, 11) is 0. The Morgan fingerprint density at radius 2 is 1.68 bits per heavy atom. The van der Waals surface area contributed by atoms with E-state index < -0.39 is 0 Å². The highest BCUT2D eigenvalue weighted by Crippen LogP contribution is 2.43. The molecular formula is C30H28N2O2. The summed E-state index contributed by atoms with van der Waals surface area (Å²) < 4.78 is 8.12. The summed E-state index contributed by atoms with van der Waals surface area (Å²) >= 11 is 0. The van der Waals surface area contributed by atoms with Gasteiger partial charge in [-0.15, -0.1) is 5.92 Å². The van der Waals surface area contributed by atoms with Crippen molar-refractivity contribution < 1.29 is 9.53 Å². The van der Waals surface area contributed by atoms with Crippen LogP contribution in [0.5, 0.6) is 5.75 Å². The molecule has 0 bridgehead atoms. The van der Waals surface area contributed by atoms with Gasteiger partial charge >= 0.3 is 0 Å². The van der Waals surface area contributed by atoms with Crippen LogP contribution in [0.2, 0.25) is 0 Å². The third kappa shape index (κ3) is 4.18. The summed E-state index contributed by atoms with van der Waals surface area (Å²) in [4.78, 5) is 15.4. The second kappa shape index (κ2) is 9.89. The van der Waals surface area contributed by atoms with Crippen LogP contribution in [0.25, 0.3) is 22.0 Å². The van der Waals surface area contributed by atoms with Crippen LogP contribution in [0.3, 0.4) is 0 Å². The van der Waals surface area contributed by atoms with Crippen molar-refractivity contribution in [1.29, 1.82) is 0 Å². The van der Waals surface area contributed by atoms with Crippen molar-refractivity contribution in [3.05, 3.63) is 90.6 Å². The normalized spacial score (nSPS) is 15.2. The van der Waals surface area contributed by atoms with Crippen molar-refractivity contribution in [3.8, 4) is 28.7 Å². The van der Waals surface area contributed by atoms with Crippen LogP contribution in [0.1, 0.15) is 31.5 Å². The SMILES string of the molecule is CC#CCn1c(C2CCCN2C(=O)COc2ccccc2)c(-c2ccccc2)c2ccccc21. The number of carbonyl (C=O) groups is 1. The van der Waals surface area contributed by atoms with E-state index in [9.17, 15) is 4.79 Å². The Labute approximate surface area is 200 Å². The van der Waals surface area contributed by atoms with Crippen LogP contribution in [0.4, 0.5) is 0 Å². The molecule has 170 valence electrons. The van der Waals surface area contributed by atoms with Crippen LogP contribution < -0.4 is 4.74 Å². The molecule has 1 unspecified atom stereocenters. The Morgan fingerprint density at radius 3 is 2.44 bits per heavy atom. The van der Waals surface area contributed by atoms with E-state index in [-0.39, 0.29) is 18.6 Å². The second-order valence-corrected chi connectivity index (χ2v) is 8.50. The van der Waals surface area contributed by atoms with E-state index in [0.29, 0.717) is 12.3 Å². The summed E-state index contributed by atoms with van der Waals surface area (Å²) in [5.41, 5.74) is 4.68. The predicted molar refractivity (Wildman–Crippen MR) is 136 cm³/mol. The molecule has 0 saturated carbocycles. The molecule has 0 radical (unpaired) electrons. The second-order valence-electron chi connectivity index (χ2n) is 8.50. The first-order valence-corrected chi connectivity index (χ1v) is 11.8. The number of ether oxygens (including phenoxy) is 1. The Bertz CT molecular complexity index is 1350. The molecule has 1 saturated heterocycles. The summed E-state index contributed by atoms with van der Waals surface area (Å²) in [6, 6.07) is 28.5. The lowest BCUT2D eigenvalue weighted by Crippen LogP contribution is -2.35. The minimum absolute atomic E-state index is 0.0174. The van der Waals surface area contributed by atoms with Gasteiger partial charge in [0.05, 0.1) is 18.3 Å². The number of para-hydroxylation sites is 2. The molecule has 34 heavy (non-hydrogen) atoms. The topological polar surface area (TPSA) is 34.5 Å². The molecule has 1 atom stereocenters. The molecule has 4 heteroatoms. The van der Waals surface area contributed by atoms with E-state index in [4.69, 9.17) is 4.74 Å². The van der Waals surface area contributed by atoms with E-state index in [2.05, 4.69) is 64.9 Å². The number of nitrogens with zero attached hydrogens (tertiary/aromatic N) is 2. The number of amides is 1. The van der Waals surface area contributed by atoms with E-state index in [1.165, 1.54) is 16.6 Å². The molecule has 4 nitrogen and oxygen atoms in total. The third-order valence-electron chi connectivity index (χ3n) is 6.48. The van der Waals surface area contributed by atoms with Gasteiger partial charge in [-0.3, -0.25) is 4.79 Å². The number of benzene rings is 3. The van der Waals surface area contributed by atoms with Gasteiger partial charge in [0, 0.05) is 23.0 Å². The highest BCUT2D eigenvalue weighted by Gasteiger charge is 2.35. The van der Waals surface area contributed by atoms with Gasteiger partial charge in [0.15, 0.2) is 6.61 Å². The first kappa shape index (κ1) is 21.9. The van der Waals surface area contributed by atoms with E-state index >= 15 is 0 Å². The first-order valence-electron chi connectivity index (χ1n) is 11.8. The molecule has 1 aromatic heterocycles. The zero-order chi connectivity index (χ0) is 23.3. The number of hydrogen-bond donors (Lipinski definition) is 0. The van der Waals surface area contributed by atoms with Crippen LogP contribution in [0, 0.1) is 11.8 Å². The van der Waals surface area contributed by atoms with Gasteiger partial charge in [-0.25, -0.2) is 0 Å². The number of rotatable bonds is 6. The van der Waals surface area contributed by atoms with Crippen LogP contribution >= 0.6 is 0 Å². The van der Waals surface area contributed by atoms with Gasteiger partial charge < -0.3 is 14.2 Å². The molecule has 0 aliphatic carbocycles. The zero-order valence-corrected chi connectivity index (χ0v) is 19.4. The molecule has 0 spiro atoms. The quantitative estimate of drug-likeness (QED) is 0.335. The third-order valence-corrected chi connectivity index (χ3v) is 6.48. The van der Waals surface area contributed by atoms with E-state index in [0.717, 1.165) is 30.5 Å². The maximum absolute atomic E-state index is 13.4. The van der Waals surface area contributed by atoms with Gasteiger partial charge in [0.25, 0.3) is 5.91 Å². The monoisotopic (exact) mass is 448 g/mol. The number of aromatic nitrogens is 1. The molecule has 1 fully saturated rings. The molecule has 1 aliphatic rings. The average Bonchev–Trinajstić information content (AvgIpc) is 3.50. The summed E-state index contributed by atoms with van der Waals surface area (Å²) in [6.07, 6.45) is 1.89. The van der Waals surface area contributed by atoms with E-state index in [1.807, 2.05) is 48.2 Å². The minimum atomic E-state index is -0.0202. The van der Waals surface area contributed by atoms with Crippen LogP contribution in [0.15, 0.2) is 84.9 Å². The molecule has 5 rings (SSSR count). The van der Waals surface area contributed by atoms with Crippen molar-refractivity contribution in [1.82, 2.24) is 9.47 Å². The van der Waals surface area contributed by atoms with Gasteiger partial charge in [0.2, 0.25) is 0 Å². The molecule has 0 N–H and O–H groups in total. The highest BCUT2D eigenvalue weighted by atomic mass is 16.5. The molecule has 2 heterocycles. The van der Waals surface area contributed by atoms with Crippen molar-refractivity contribution in [2.24, 2.45) is 0 Å². The largest absolute Gasteiger partial charge is 0.484 e. The van der Waals surface area contributed by atoms with E-state index in [1.54, 1.807) is 0 Å². The Balaban J connectivity index is 1.58. The Hall–Kier alpha value is -3.97. The molecule has 4 aromatic rings. The van der Waals surface area contributed by atoms with Crippen LogP contribution in [-0.2, 0) is 11.3 Å². The fraction of sp³-hybridized carbons (Fsp3) is 0.233. The molecule has 1 amide bonds. The van der Waals surface area contributed by atoms with Gasteiger partial charge in [-0.1, -0.05) is 72.7 Å².